The van der Waals surface area contributed by atoms with Crippen LogP contribution < -0.4 is 9.47 Å². The van der Waals surface area contributed by atoms with Gasteiger partial charge in [-0.3, -0.25) is 0 Å². The van der Waals surface area contributed by atoms with Crippen LogP contribution in [0.4, 0.5) is 0 Å². The smallest absolute Gasteiger partial charge is 0.178 e. The Morgan fingerprint density at radius 3 is 1.79 bits per heavy atom. The molecule has 0 amide bonds. The monoisotopic (exact) mass is 607 g/mol. The van der Waals surface area contributed by atoms with Gasteiger partial charge in [-0.05, 0) is 58.1 Å². The molecule has 2 heterocycles. The molecule has 1 aromatic heterocycles. The van der Waals surface area contributed by atoms with Crippen LogP contribution in [0.25, 0.3) is 56.4 Å². The van der Waals surface area contributed by atoms with E-state index in [0.717, 1.165) is 39.1 Å². The highest BCUT2D eigenvalue weighted by molar-refractivity contribution is 5.88. The highest BCUT2D eigenvalue weighted by Crippen LogP contribution is 2.58. The second-order valence-corrected chi connectivity index (χ2v) is 12.5. The van der Waals surface area contributed by atoms with Crippen LogP contribution in [0, 0.1) is 0 Å². The van der Waals surface area contributed by atoms with Crippen molar-refractivity contribution in [2.24, 2.45) is 0 Å². The molecule has 0 bridgehead atoms. The van der Waals surface area contributed by atoms with Crippen molar-refractivity contribution in [2.45, 2.75) is 19.3 Å². The number of hydrogen-bond donors (Lipinski definition) is 0. The summed E-state index contributed by atoms with van der Waals surface area (Å²) in [5.74, 6) is 4.49. The number of nitrogens with zero attached hydrogens (tertiary/aromatic N) is 3. The van der Waals surface area contributed by atoms with E-state index in [1.165, 1.54) is 16.7 Å². The molecule has 0 saturated heterocycles. The fraction of sp³-hybridized carbons (Fsp3) is 0.0714. The summed E-state index contributed by atoms with van der Waals surface area (Å²) >= 11 is 0. The van der Waals surface area contributed by atoms with Gasteiger partial charge in [0.25, 0.3) is 0 Å². The molecule has 6 aromatic carbocycles. The zero-order valence-corrected chi connectivity index (χ0v) is 25.9. The highest BCUT2D eigenvalue weighted by Gasteiger charge is 2.39. The molecule has 0 fully saturated rings. The van der Waals surface area contributed by atoms with Crippen LogP contribution in [0.15, 0.2) is 140 Å². The third-order valence-corrected chi connectivity index (χ3v) is 9.19. The molecule has 47 heavy (non-hydrogen) atoms. The highest BCUT2D eigenvalue weighted by atomic mass is 16.6. The summed E-state index contributed by atoms with van der Waals surface area (Å²) in [5.41, 5.74) is 9.58. The summed E-state index contributed by atoms with van der Waals surface area (Å²) in [6, 6.07) is 47.3. The molecule has 0 spiro atoms. The first-order valence-corrected chi connectivity index (χ1v) is 15.8. The van der Waals surface area contributed by atoms with Gasteiger partial charge in [-0.1, -0.05) is 123 Å². The maximum Gasteiger partial charge on any atom is 0.178 e. The summed E-state index contributed by atoms with van der Waals surface area (Å²) in [6.07, 6.45) is 0. The minimum atomic E-state index is -0.123. The van der Waals surface area contributed by atoms with Crippen molar-refractivity contribution < 1.29 is 9.47 Å². The molecule has 224 valence electrons. The lowest BCUT2D eigenvalue weighted by Gasteiger charge is -2.25. The first kappa shape index (κ1) is 27.3. The Morgan fingerprint density at radius 2 is 1.02 bits per heavy atom. The molecule has 0 radical (unpaired) electrons. The quantitative estimate of drug-likeness (QED) is 0.199. The van der Waals surface area contributed by atoms with E-state index in [1.807, 2.05) is 84.9 Å². The SMILES string of the molecule is CC1(C)c2ccccc2-c2c1ccc1c2Oc2ccc(-c3nc(-c4ccccc4)nc(-c4cccc(-c5ccccc5)c4)n3)cc2O1. The van der Waals surface area contributed by atoms with Crippen molar-refractivity contribution in [3.63, 3.8) is 0 Å². The van der Waals surface area contributed by atoms with Crippen LogP contribution in [-0.4, -0.2) is 15.0 Å². The summed E-state index contributed by atoms with van der Waals surface area (Å²) in [6.45, 7) is 4.52. The number of fused-ring (bicyclic) bond motifs is 6. The average molecular weight is 608 g/mol. The molecule has 7 aromatic rings. The molecule has 0 unspecified atom stereocenters. The zero-order chi connectivity index (χ0) is 31.5. The third-order valence-electron chi connectivity index (χ3n) is 9.19. The van der Waals surface area contributed by atoms with E-state index >= 15 is 0 Å². The molecule has 5 heteroatoms. The van der Waals surface area contributed by atoms with Gasteiger partial charge in [0.05, 0.1) is 0 Å². The van der Waals surface area contributed by atoms with Gasteiger partial charge < -0.3 is 9.47 Å². The van der Waals surface area contributed by atoms with E-state index in [9.17, 15) is 0 Å². The van der Waals surface area contributed by atoms with Crippen LogP contribution in [0.2, 0.25) is 0 Å². The number of benzene rings is 6. The van der Waals surface area contributed by atoms with Crippen molar-refractivity contribution in [1.82, 2.24) is 15.0 Å². The van der Waals surface area contributed by atoms with Gasteiger partial charge in [-0.25, -0.2) is 15.0 Å². The van der Waals surface area contributed by atoms with Gasteiger partial charge in [-0.15, -0.1) is 0 Å². The molecule has 2 aliphatic rings. The number of aromatic nitrogens is 3. The van der Waals surface area contributed by atoms with Gasteiger partial charge in [0.1, 0.15) is 0 Å². The van der Waals surface area contributed by atoms with E-state index < -0.39 is 0 Å². The van der Waals surface area contributed by atoms with Crippen molar-refractivity contribution in [1.29, 1.82) is 0 Å². The Hall–Kier alpha value is -6.07. The van der Waals surface area contributed by atoms with E-state index in [2.05, 4.69) is 68.4 Å². The predicted octanol–water partition coefficient (Wildman–Crippen LogP) is 10.7. The summed E-state index contributed by atoms with van der Waals surface area (Å²) in [7, 11) is 0. The minimum absolute atomic E-state index is 0.123. The first-order valence-electron chi connectivity index (χ1n) is 15.8. The molecule has 9 rings (SSSR count). The van der Waals surface area contributed by atoms with E-state index in [4.69, 9.17) is 24.4 Å². The van der Waals surface area contributed by atoms with Crippen molar-refractivity contribution in [3.05, 3.63) is 151 Å². The Bertz CT molecular complexity index is 2330. The van der Waals surface area contributed by atoms with Gasteiger partial charge in [0.15, 0.2) is 40.5 Å². The molecular formula is C42H29N3O2. The summed E-state index contributed by atoms with van der Waals surface area (Å²) in [4.78, 5) is 14.9. The van der Waals surface area contributed by atoms with Gasteiger partial charge >= 0.3 is 0 Å². The Balaban J connectivity index is 1.13. The summed E-state index contributed by atoms with van der Waals surface area (Å²) < 4.78 is 13.2. The molecule has 1 aliphatic heterocycles. The second kappa shape index (κ2) is 10.5. The van der Waals surface area contributed by atoms with Gasteiger partial charge in [0.2, 0.25) is 0 Å². The Kier molecular flexibility index (Phi) is 6.09. The fourth-order valence-electron chi connectivity index (χ4n) is 6.78. The molecule has 1 aliphatic carbocycles. The minimum Gasteiger partial charge on any atom is -0.449 e. The number of hydrogen-bond acceptors (Lipinski definition) is 5. The standard InChI is InChI=1S/C42H29N3O2/c1-42(2)32-19-10-9-18-31(32)37-33(42)21-23-35-38(37)47-34-22-20-30(25-36(34)46-35)41-44-39(27-14-7-4-8-15-27)43-40(45-41)29-17-11-16-28(24-29)26-12-5-3-6-13-26/h3-25H,1-2H3. The van der Waals surface area contributed by atoms with Crippen LogP contribution in [0.5, 0.6) is 23.0 Å². The molecule has 0 atom stereocenters. The fourth-order valence-corrected chi connectivity index (χ4v) is 6.78. The van der Waals surface area contributed by atoms with E-state index in [-0.39, 0.29) is 5.41 Å². The molecular weight excluding hydrogens is 578 g/mol. The maximum absolute atomic E-state index is 6.62. The van der Waals surface area contributed by atoms with E-state index in [1.54, 1.807) is 0 Å². The summed E-state index contributed by atoms with van der Waals surface area (Å²) in [5, 5.41) is 0. The number of rotatable bonds is 4. The Labute approximate surface area is 273 Å². The normalized spacial score (nSPS) is 13.4. The van der Waals surface area contributed by atoms with Crippen molar-refractivity contribution in [2.75, 3.05) is 0 Å². The maximum atomic E-state index is 6.62. The van der Waals surface area contributed by atoms with Crippen molar-refractivity contribution >= 4 is 0 Å². The van der Waals surface area contributed by atoms with E-state index in [0.29, 0.717) is 34.7 Å². The number of ether oxygens (including phenoxy) is 2. The lowest BCUT2D eigenvalue weighted by atomic mass is 9.82. The van der Waals surface area contributed by atoms with Crippen LogP contribution in [0.1, 0.15) is 25.0 Å². The van der Waals surface area contributed by atoms with Gasteiger partial charge in [-0.2, -0.15) is 0 Å². The first-order chi connectivity index (χ1) is 23.0. The van der Waals surface area contributed by atoms with Crippen LogP contribution >= 0.6 is 0 Å². The van der Waals surface area contributed by atoms with Crippen molar-refractivity contribution in [3.8, 4) is 79.4 Å². The molecule has 5 nitrogen and oxygen atoms in total. The topological polar surface area (TPSA) is 57.1 Å². The average Bonchev–Trinajstić information content (AvgIpc) is 3.37. The lowest BCUT2D eigenvalue weighted by Crippen LogP contribution is -2.15. The predicted molar refractivity (Wildman–Crippen MR) is 186 cm³/mol. The van der Waals surface area contributed by atoms with Gasteiger partial charge in [0, 0.05) is 27.7 Å². The lowest BCUT2D eigenvalue weighted by molar-refractivity contribution is 0.360. The Morgan fingerprint density at radius 1 is 0.426 bits per heavy atom. The molecule has 0 N–H and O–H groups in total. The van der Waals surface area contributed by atoms with Crippen LogP contribution in [0.3, 0.4) is 0 Å². The third kappa shape index (κ3) is 4.50. The zero-order valence-electron chi connectivity index (χ0n) is 25.9. The van der Waals surface area contributed by atoms with Crippen LogP contribution in [-0.2, 0) is 5.41 Å². The second-order valence-electron chi connectivity index (χ2n) is 12.5. The largest absolute Gasteiger partial charge is 0.449 e. The molecule has 0 saturated carbocycles.